The van der Waals surface area contributed by atoms with Crippen molar-refractivity contribution in [1.29, 1.82) is 0 Å². The van der Waals surface area contributed by atoms with E-state index in [0.29, 0.717) is 23.4 Å². The minimum atomic E-state index is 0.333. The summed E-state index contributed by atoms with van der Waals surface area (Å²) >= 11 is 0. The van der Waals surface area contributed by atoms with Crippen LogP contribution >= 0.6 is 0 Å². The summed E-state index contributed by atoms with van der Waals surface area (Å²) in [6, 6.07) is 0.721. The Morgan fingerprint density at radius 2 is 1.50 bits per heavy atom. The second kappa shape index (κ2) is 7.03. The van der Waals surface area contributed by atoms with E-state index in [4.69, 9.17) is 5.73 Å². The first-order valence-electron chi connectivity index (χ1n) is 8.47. The molecule has 9 nitrogen and oxygen atoms in total. The van der Waals surface area contributed by atoms with Gasteiger partial charge in [0, 0.05) is 12.1 Å². The lowest BCUT2D eigenvalue weighted by molar-refractivity contribution is 0.612. The largest absolute Gasteiger partial charge is 0.382 e. The number of hydrogen-bond acceptors (Lipinski definition) is 7. The van der Waals surface area contributed by atoms with Crippen molar-refractivity contribution in [2.24, 2.45) is 0 Å². The van der Waals surface area contributed by atoms with Gasteiger partial charge in [-0.25, -0.2) is 29.9 Å². The van der Waals surface area contributed by atoms with Crippen molar-refractivity contribution in [1.82, 2.24) is 39.0 Å². The monoisotopic (exact) mass is 353 g/mol. The normalized spacial score (nSPS) is 11.3. The molecule has 4 aromatic rings. The number of hydrogen-bond donors (Lipinski definition) is 1. The van der Waals surface area contributed by atoms with Crippen LogP contribution in [-0.2, 0) is 0 Å². The van der Waals surface area contributed by atoms with E-state index in [1.807, 2.05) is 22.4 Å². The zero-order valence-electron chi connectivity index (χ0n) is 15.6. The van der Waals surface area contributed by atoms with Gasteiger partial charge in [0.2, 0.25) is 0 Å². The Balaban J connectivity index is 0.000000151. The lowest BCUT2D eigenvalue weighted by atomic mass is 10.4. The van der Waals surface area contributed by atoms with Gasteiger partial charge in [0.05, 0.1) is 18.9 Å². The molecule has 0 atom stereocenters. The zero-order valence-corrected chi connectivity index (χ0v) is 15.6. The average Bonchev–Trinajstić information content (AvgIpc) is 3.19. The van der Waals surface area contributed by atoms with E-state index in [2.05, 4.69) is 57.6 Å². The number of aryl methyl sites for hydroxylation is 1. The van der Waals surface area contributed by atoms with Crippen molar-refractivity contribution in [3.05, 3.63) is 31.0 Å². The van der Waals surface area contributed by atoms with Crippen LogP contribution < -0.4 is 5.73 Å². The summed E-state index contributed by atoms with van der Waals surface area (Å²) in [4.78, 5) is 24.8. The van der Waals surface area contributed by atoms with Crippen molar-refractivity contribution in [3.8, 4) is 0 Å². The third-order valence-corrected chi connectivity index (χ3v) is 3.94. The van der Waals surface area contributed by atoms with Crippen LogP contribution in [0, 0.1) is 6.92 Å². The Labute approximate surface area is 151 Å². The SMILES string of the molecule is CC(C)n1cnc2c(N)ncnc21.Cc1ncc2ncn(C(C)C)c2n1. The predicted octanol–water partition coefficient (Wildman–Crippen LogP) is 2.71. The fourth-order valence-corrected chi connectivity index (χ4v) is 2.54. The van der Waals surface area contributed by atoms with Gasteiger partial charge in [-0.2, -0.15) is 0 Å². The first kappa shape index (κ1) is 17.7. The highest BCUT2D eigenvalue weighted by atomic mass is 15.1. The molecule has 0 unspecified atom stereocenters. The molecule has 0 bridgehead atoms. The number of nitrogen functional groups attached to an aromatic ring is 1. The zero-order chi connectivity index (χ0) is 18.8. The van der Waals surface area contributed by atoms with Crippen molar-refractivity contribution < 1.29 is 0 Å². The molecule has 4 heterocycles. The van der Waals surface area contributed by atoms with Crippen LogP contribution in [0.5, 0.6) is 0 Å². The fraction of sp³-hybridized carbons (Fsp3) is 0.412. The molecule has 9 heteroatoms. The van der Waals surface area contributed by atoms with Gasteiger partial charge in [0.15, 0.2) is 17.1 Å². The highest BCUT2D eigenvalue weighted by Gasteiger charge is 2.09. The second-order valence-corrected chi connectivity index (χ2v) is 6.55. The first-order chi connectivity index (χ1) is 12.4. The highest BCUT2D eigenvalue weighted by Crippen LogP contribution is 2.17. The second-order valence-electron chi connectivity index (χ2n) is 6.55. The summed E-state index contributed by atoms with van der Waals surface area (Å²) in [7, 11) is 0. The fourth-order valence-electron chi connectivity index (χ4n) is 2.54. The van der Waals surface area contributed by atoms with E-state index in [-0.39, 0.29) is 0 Å². The minimum absolute atomic E-state index is 0.333. The molecule has 0 aliphatic carbocycles. The van der Waals surface area contributed by atoms with Gasteiger partial charge in [-0.1, -0.05) is 0 Å². The number of nitrogens with two attached hydrogens (primary N) is 1. The summed E-state index contributed by atoms with van der Waals surface area (Å²) < 4.78 is 4.01. The number of rotatable bonds is 2. The number of fused-ring (bicyclic) bond motifs is 2. The van der Waals surface area contributed by atoms with Crippen LogP contribution in [0.3, 0.4) is 0 Å². The Hall–Kier alpha value is -3.10. The molecule has 4 aromatic heterocycles. The lowest BCUT2D eigenvalue weighted by Crippen LogP contribution is -2.00. The van der Waals surface area contributed by atoms with Crippen molar-refractivity contribution in [3.63, 3.8) is 0 Å². The molecule has 2 N–H and O–H groups in total. The van der Waals surface area contributed by atoms with Gasteiger partial charge in [-0.05, 0) is 34.6 Å². The Kier molecular flexibility index (Phi) is 4.79. The van der Waals surface area contributed by atoms with Gasteiger partial charge in [-0.15, -0.1) is 0 Å². The molecular weight excluding hydrogens is 330 g/mol. The molecule has 4 rings (SSSR count). The van der Waals surface area contributed by atoms with Gasteiger partial charge in [-0.3, -0.25) is 0 Å². The Morgan fingerprint density at radius 1 is 0.846 bits per heavy atom. The van der Waals surface area contributed by atoms with Crippen LogP contribution in [0.2, 0.25) is 0 Å². The van der Waals surface area contributed by atoms with Crippen molar-refractivity contribution in [2.45, 2.75) is 46.7 Å². The van der Waals surface area contributed by atoms with E-state index in [9.17, 15) is 0 Å². The number of nitrogens with zero attached hydrogens (tertiary/aromatic N) is 8. The smallest absolute Gasteiger partial charge is 0.165 e. The van der Waals surface area contributed by atoms with Gasteiger partial charge in [0.1, 0.15) is 23.2 Å². The summed E-state index contributed by atoms with van der Waals surface area (Å²) in [6.45, 7) is 10.2. The van der Waals surface area contributed by atoms with Gasteiger partial charge >= 0.3 is 0 Å². The van der Waals surface area contributed by atoms with Crippen LogP contribution in [-0.4, -0.2) is 39.0 Å². The molecular formula is C17H23N9. The van der Waals surface area contributed by atoms with E-state index in [1.165, 1.54) is 6.33 Å². The summed E-state index contributed by atoms with van der Waals surface area (Å²) in [5.41, 5.74) is 8.89. The molecule has 0 saturated carbocycles. The van der Waals surface area contributed by atoms with Crippen molar-refractivity contribution in [2.75, 3.05) is 5.73 Å². The number of imidazole rings is 2. The maximum Gasteiger partial charge on any atom is 0.165 e. The lowest BCUT2D eigenvalue weighted by Gasteiger charge is -2.06. The molecule has 0 radical (unpaired) electrons. The number of aromatic nitrogens is 8. The standard InChI is InChI=1S/C9H12N4.C8H11N5/c1-6(2)13-5-11-8-4-10-7(3)12-9(8)13;1-5(2)13-4-12-6-7(9)10-3-11-8(6)13/h4-6H,1-3H3;3-5H,1-2H3,(H2,9,10,11). The van der Waals surface area contributed by atoms with Crippen LogP contribution in [0.15, 0.2) is 25.2 Å². The molecule has 26 heavy (non-hydrogen) atoms. The molecule has 0 saturated heterocycles. The average molecular weight is 353 g/mol. The van der Waals surface area contributed by atoms with E-state index < -0.39 is 0 Å². The van der Waals surface area contributed by atoms with E-state index in [1.54, 1.807) is 12.5 Å². The van der Waals surface area contributed by atoms with Crippen LogP contribution in [0.25, 0.3) is 22.3 Å². The molecule has 0 aromatic carbocycles. The summed E-state index contributed by atoms with van der Waals surface area (Å²) in [6.07, 6.45) is 6.76. The van der Waals surface area contributed by atoms with E-state index >= 15 is 0 Å². The molecule has 0 amide bonds. The quantitative estimate of drug-likeness (QED) is 0.589. The Morgan fingerprint density at radius 3 is 2.19 bits per heavy atom. The minimum Gasteiger partial charge on any atom is -0.382 e. The molecule has 136 valence electrons. The predicted molar refractivity (Wildman–Crippen MR) is 101 cm³/mol. The van der Waals surface area contributed by atoms with E-state index in [0.717, 1.165) is 22.6 Å². The van der Waals surface area contributed by atoms with Crippen LogP contribution in [0.1, 0.15) is 45.6 Å². The maximum absolute atomic E-state index is 5.64. The van der Waals surface area contributed by atoms with Crippen LogP contribution in [0.4, 0.5) is 5.82 Å². The highest BCUT2D eigenvalue weighted by molar-refractivity contribution is 5.81. The summed E-state index contributed by atoms with van der Waals surface area (Å²) in [5.74, 6) is 1.22. The Bertz CT molecular complexity index is 1020. The maximum atomic E-state index is 5.64. The molecule has 0 aliphatic rings. The molecule has 0 fully saturated rings. The topological polar surface area (TPSA) is 113 Å². The van der Waals surface area contributed by atoms with Gasteiger partial charge < -0.3 is 14.9 Å². The molecule has 0 aliphatic heterocycles. The third-order valence-electron chi connectivity index (χ3n) is 3.94. The van der Waals surface area contributed by atoms with Gasteiger partial charge in [0.25, 0.3) is 0 Å². The third kappa shape index (κ3) is 3.32. The first-order valence-corrected chi connectivity index (χ1v) is 8.47. The number of anilines is 1. The summed E-state index contributed by atoms with van der Waals surface area (Å²) in [5, 5.41) is 0. The molecule has 0 spiro atoms. The van der Waals surface area contributed by atoms with Crippen molar-refractivity contribution >= 4 is 28.1 Å².